The number of nitrogens with one attached hydrogen (secondary N) is 1. The van der Waals surface area contributed by atoms with Gasteiger partial charge in [-0.1, -0.05) is 34.1 Å². The molecule has 3 N–H and O–H groups in total. The van der Waals surface area contributed by atoms with Crippen molar-refractivity contribution in [3.05, 3.63) is 62.7 Å². The van der Waals surface area contributed by atoms with Crippen LogP contribution in [0, 0.1) is 10.1 Å². The minimum Gasteiger partial charge on any atom is -0.364 e. The largest absolute Gasteiger partial charge is 0.364 e. The molecule has 0 radical (unpaired) electrons. The van der Waals surface area contributed by atoms with E-state index >= 15 is 0 Å². The van der Waals surface area contributed by atoms with E-state index in [1.165, 1.54) is 12.1 Å². The van der Waals surface area contributed by atoms with Gasteiger partial charge in [0.25, 0.3) is 11.6 Å². The van der Waals surface area contributed by atoms with E-state index < -0.39 is 10.8 Å². The Hall–Kier alpha value is -2.67. The highest BCUT2D eigenvalue weighted by Crippen LogP contribution is 2.37. The summed E-state index contributed by atoms with van der Waals surface area (Å²) in [5.74, 6) is -0.621. The minimum absolute atomic E-state index is 0.0455. The zero-order chi connectivity index (χ0) is 15.9. The molecule has 0 aliphatic heterocycles. The fourth-order valence-electron chi connectivity index (χ4n) is 2.42. The van der Waals surface area contributed by atoms with Crippen molar-refractivity contribution in [2.24, 2.45) is 5.73 Å². The lowest BCUT2D eigenvalue weighted by Crippen LogP contribution is -2.12. The molecule has 0 saturated heterocycles. The van der Waals surface area contributed by atoms with E-state index in [1.807, 2.05) is 24.3 Å². The van der Waals surface area contributed by atoms with Crippen LogP contribution in [-0.4, -0.2) is 15.8 Å². The second-order valence-electron chi connectivity index (χ2n) is 4.71. The number of nitro benzene ring substituents is 1. The second-order valence-corrected chi connectivity index (χ2v) is 5.56. The highest BCUT2D eigenvalue weighted by molar-refractivity contribution is 9.10. The molecule has 0 aliphatic carbocycles. The van der Waals surface area contributed by atoms with Crippen LogP contribution in [0.25, 0.3) is 22.0 Å². The van der Waals surface area contributed by atoms with Crippen molar-refractivity contribution in [3.63, 3.8) is 0 Å². The molecule has 0 bridgehead atoms. The summed E-state index contributed by atoms with van der Waals surface area (Å²) in [5, 5.41) is 11.6. The molecule has 0 unspecified atom stereocenters. The van der Waals surface area contributed by atoms with Crippen molar-refractivity contribution in [2.75, 3.05) is 0 Å². The topological polar surface area (TPSA) is 102 Å². The molecular formula is C15H10BrN3O3. The molecule has 22 heavy (non-hydrogen) atoms. The molecule has 6 nitrogen and oxygen atoms in total. The number of non-ortho nitro benzene ring substituents is 1. The number of nitrogens with two attached hydrogens (primary N) is 1. The molecule has 7 heteroatoms. The van der Waals surface area contributed by atoms with Gasteiger partial charge in [0.05, 0.1) is 4.92 Å². The van der Waals surface area contributed by atoms with Crippen molar-refractivity contribution < 1.29 is 9.72 Å². The lowest BCUT2D eigenvalue weighted by atomic mass is 10.0. The van der Waals surface area contributed by atoms with Gasteiger partial charge < -0.3 is 10.7 Å². The number of halogens is 1. The maximum atomic E-state index is 11.7. The van der Waals surface area contributed by atoms with Crippen LogP contribution in [0.2, 0.25) is 0 Å². The van der Waals surface area contributed by atoms with Crippen LogP contribution in [0.1, 0.15) is 10.5 Å². The normalized spacial score (nSPS) is 10.8. The number of rotatable bonds is 3. The standard InChI is InChI=1S/C15H10BrN3O3/c16-11-4-2-1-3-9(11)13-10-7-8(19(21)22)5-6-12(10)18-14(13)15(17)20/h1-7,18H,(H2,17,20). The van der Waals surface area contributed by atoms with Gasteiger partial charge >= 0.3 is 0 Å². The number of carbonyl (C=O) groups excluding carboxylic acids is 1. The highest BCUT2D eigenvalue weighted by atomic mass is 79.9. The summed E-state index contributed by atoms with van der Waals surface area (Å²) >= 11 is 3.43. The number of hydrogen-bond acceptors (Lipinski definition) is 3. The number of carbonyl (C=O) groups is 1. The van der Waals surface area contributed by atoms with Gasteiger partial charge in [0.2, 0.25) is 0 Å². The summed E-state index contributed by atoms with van der Waals surface area (Å²) in [7, 11) is 0. The van der Waals surface area contributed by atoms with Crippen molar-refractivity contribution in [3.8, 4) is 11.1 Å². The first-order valence-corrected chi connectivity index (χ1v) is 7.13. The maximum Gasteiger partial charge on any atom is 0.270 e. The summed E-state index contributed by atoms with van der Waals surface area (Å²) in [6.45, 7) is 0. The van der Waals surface area contributed by atoms with E-state index in [-0.39, 0.29) is 11.4 Å². The fourth-order valence-corrected chi connectivity index (χ4v) is 2.91. The first kappa shape index (κ1) is 14.3. The monoisotopic (exact) mass is 359 g/mol. The van der Waals surface area contributed by atoms with Gasteiger partial charge in [-0.15, -0.1) is 0 Å². The molecule has 0 saturated carbocycles. The van der Waals surface area contributed by atoms with Crippen LogP contribution >= 0.6 is 15.9 Å². The Morgan fingerprint density at radius 1 is 1.23 bits per heavy atom. The maximum absolute atomic E-state index is 11.7. The molecule has 0 aliphatic rings. The number of nitrogens with zero attached hydrogens (tertiary/aromatic N) is 1. The highest BCUT2D eigenvalue weighted by Gasteiger charge is 2.20. The molecule has 3 aromatic rings. The molecule has 0 spiro atoms. The predicted octanol–water partition coefficient (Wildman–Crippen LogP) is 3.60. The molecule has 3 rings (SSSR count). The molecular weight excluding hydrogens is 350 g/mol. The van der Waals surface area contributed by atoms with E-state index in [0.717, 1.165) is 10.0 Å². The Labute approximate surface area is 133 Å². The van der Waals surface area contributed by atoms with Gasteiger partial charge in [-0.3, -0.25) is 14.9 Å². The van der Waals surface area contributed by atoms with E-state index in [9.17, 15) is 14.9 Å². The van der Waals surface area contributed by atoms with Gasteiger partial charge in [0, 0.05) is 33.1 Å². The van der Waals surface area contributed by atoms with Gasteiger partial charge in [0.15, 0.2) is 0 Å². The van der Waals surface area contributed by atoms with Gasteiger partial charge in [-0.25, -0.2) is 0 Å². The molecule has 0 atom stereocenters. The third-order valence-electron chi connectivity index (χ3n) is 3.38. The Balaban J connectivity index is 2.41. The Morgan fingerprint density at radius 2 is 1.95 bits per heavy atom. The minimum atomic E-state index is -0.621. The lowest BCUT2D eigenvalue weighted by molar-refractivity contribution is -0.384. The molecule has 2 aromatic carbocycles. The quantitative estimate of drug-likeness (QED) is 0.551. The first-order valence-electron chi connectivity index (χ1n) is 6.34. The molecule has 1 heterocycles. The van der Waals surface area contributed by atoms with Crippen LogP contribution in [0.5, 0.6) is 0 Å². The number of H-pyrrole nitrogens is 1. The van der Waals surface area contributed by atoms with Crippen molar-refractivity contribution in [1.82, 2.24) is 4.98 Å². The zero-order valence-corrected chi connectivity index (χ0v) is 12.8. The van der Waals surface area contributed by atoms with E-state index in [0.29, 0.717) is 16.5 Å². The lowest BCUT2D eigenvalue weighted by Gasteiger charge is -2.05. The Kier molecular flexibility index (Phi) is 3.42. The van der Waals surface area contributed by atoms with E-state index in [4.69, 9.17) is 5.73 Å². The molecule has 0 fully saturated rings. The summed E-state index contributed by atoms with van der Waals surface area (Å²) in [6, 6.07) is 11.7. The van der Waals surface area contributed by atoms with Crippen LogP contribution in [-0.2, 0) is 0 Å². The van der Waals surface area contributed by atoms with Crippen LogP contribution < -0.4 is 5.73 Å². The van der Waals surface area contributed by atoms with Crippen molar-refractivity contribution in [2.45, 2.75) is 0 Å². The number of aromatic nitrogens is 1. The Morgan fingerprint density at radius 3 is 2.59 bits per heavy atom. The summed E-state index contributed by atoms with van der Waals surface area (Å²) in [5.41, 5.74) is 7.53. The predicted molar refractivity (Wildman–Crippen MR) is 86.6 cm³/mol. The molecule has 110 valence electrons. The summed E-state index contributed by atoms with van der Waals surface area (Å²) < 4.78 is 0.768. The SMILES string of the molecule is NC(=O)c1[nH]c2ccc([N+](=O)[O-])cc2c1-c1ccccc1Br. The van der Waals surface area contributed by atoms with Gasteiger partial charge in [0.1, 0.15) is 5.69 Å². The average Bonchev–Trinajstić information content (AvgIpc) is 2.86. The average molecular weight is 360 g/mol. The van der Waals surface area contributed by atoms with Crippen molar-refractivity contribution in [1.29, 1.82) is 0 Å². The second kappa shape index (κ2) is 5.27. The number of primary amides is 1. The third-order valence-corrected chi connectivity index (χ3v) is 4.07. The number of nitro groups is 1. The van der Waals surface area contributed by atoms with Gasteiger partial charge in [-0.2, -0.15) is 0 Å². The first-order chi connectivity index (χ1) is 10.5. The van der Waals surface area contributed by atoms with E-state index in [2.05, 4.69) is 20.9 Å². The number of hydrogen-bond donors (Lipinski definition) is 2. The van der Waals surface area contributed by atoms with Crippen LogP contribution in [0.15, 0.2) is 46.9 Å². The molecule has 1 aromatic heterocycles. The summed E-state index contributed by atoms with van der Waals surface area (Å²) in [4.78, 5) is 25.2. The van der Waals surface area contributed by atoms with Crippen LogP contribution in [0.3, 0.4) is 0 Å². The van der Waals surface area contributed by atoms with Crippen LogP contribution in [0.4, 0.5) is 5.69 Å². The zero-order valence-electron chi connectivity index (χ0n) is 11.2. The van der Waals surface area contributed by atoms with Crippen molar-refractivity contribution >= 4 is 38.4 Å². The number of benzene rings is 2. The summed E-state index contributed by atoms with van der Waals surface area (Å²) in [6.07, 6.45) is 0. The third kappa shape index (κ3) is 2.25. The van der Waals surface area contributed by atoms with Gasteiger partial charge in [-0.05, 0) is 17.7 Å². The number of amides is 1. The van der Waals surface area contributed by atoms with E-state index in [1.54, 1.807) is 6.07 Å². The number of fused-ring (bicyclic) bond motifs is 1. The molecule has 1 amide bonds. The fraction of sp³-hybridized carbons (Fsp3) is 0. The number of aromatic amines is 1. The Bertz CT molecular complexity index is 918. The smallest absolute Gasteiger partial charge is 0.270 e.